The number of carbonyl (C=O) groups excluding carboxylic acids is 2. The van der Waals surface area contributed by atoms with E-state index in [1.165, 1.54) is 5.56 Å². The molecule has 0 aliphatic heterocycles. The van der Waals surface area contributed by atoms with Crippen LogP contribution in [0.4, 0.5) is 0 Å². The summed E-state index contributed by atoms with van der Waals surface area (Å²) in [4.78, 5) is 29.2. The minimum Gasteiger partial charge on any atom is -0.497 e. The summed E-state index contributed by atoms with van der Waals surface area (Å²) in [5.41, 5.74) is 4.41. The quantitative estimate of drug-likeness (QED) is 0.258. The van der Waals surface area contributed by atoms with E-state index in [0.717, 1.165) is 35.3 Å². The van der Waals surface area contributed by atoms with Crippen LogP contribution >= 0.6 is 0 Å². The molecule has 0 unspecified atom stereocenters. The third kappa shape index (κ3) is 9.27. The highest BCUT2D eigenvalue weighted by Gasteiger charge is 2.30. The van der Waals surface area contributed by atoms with Crippen LogP contribution in [0.25, 0.3) is 0 Å². The summed E-state index contributed by atoms with van der Waals surface area (Å²) < 4.78 is 5.42. The summed E-state index contributed by atoms with van der Waals surface area (Å²) in [5.74, 6) is 0.577. The molecule has 0 radical (unpaired) electrons. The fourth-order valence-electron chi connectivity index (χ4n) is 4.59. The highest BCUT2D eigenvalue weighted by molar-refractivity contribution is 5.88. The van der Waals surface area contributed by atoms with Crippen molar-refractivity contribution in [2.75, 3.05) is 13.7 Å². The Morgan fingerprint density at radius 1 is 0.897 bits per heavy atom. The van der Waals surface area contributed by atoms with Crippen molar-refractivity contribution in [2.45, 2.75) is 77.8 Å². The van der Waals surface area contributed by atoms with Gasteiger partial charge in [-0.3, -0.25) is 9.59 Å². The number of benzene rings is 3. The zero-order valence-electron chi connectivity index (χ0n) is 24.2. The summed E-state index contributed by atoms with van der Waals surface area (Å²) in [6.45, 7) is 9.61. The van der Waals surface area contributed by atoms with E-state index in [4.69, 9.17) is 4.74 Å². The number of ether oxygens (including phenoxy) is 1. The highest BCUT2D eigenvalue weighted by atomic mass is 16.5. The van der Waals surface area contributed by atoms with Crippen LogP contribution in [0.5, 0.6) is 5.75 Å². The van der Waals surface area contributed by atoms with Crippen molar-refractivity contribution in [1.82, 2.24) is 10.2 Å². The number of unbranched alkanes of at least 4 members (excludes halogenated alkanes) is 1. The molecule has 0 spiro atoms. The Labute approximate surface area is 234 Å². The van der Waals surface area contributed by atoms with E-state index >= 15 is 0 Å². The Balaban J connectivity index is 1.88. The molecule has 3 aromatic carbocycles. The van der Waals surface area contributed by atoms with Gasteiger partial charge in [0.05, 0.1) is 7.11 Å². The first kappa shape index (κ1) is 29.9. The number of hydrogen-bond donors (Lipinski definition) is 1. The average molecular weight is 529 g/mol. The molecule has 5 heteroatoms. The van der Waals surface area contributed by atoms with Crippen molar-refractivity contribution < 1.29 is 14.3 Å². The first-order valence-corrected chi connectivity index (χ1v) is 14.0. The molecule has 3 rings (SSSR count). The minimum absolute atomic E-state index is 0.0377. The first-order chi connectivity index (χ1) is 18.7. The van der Waals surface area contributed by atoms with E-state index in [9.17, 15) is 9.59 Å². The van der Waals surface area contributed by atoms with Crippen LogP contribution in [0, 0.1) is 0 Å². The van der Waals surface area contributed by atoms with Gasteiger partial charge in [-0.25, -0.2) is 0 Å². The lowest BCUT2D eigenvalue weighted by Crippen LogP contribution is -2.50. The highest BCUT2D eigenvalue weighted by Crippen LogP contribution is 2.23. The van der Waals surface area contributed by atoms with Crippen LogP contribution in [-0.2, 0) is 34.4 Å². The second-order valence-corrected chi connectivity index (χ2v) is 11.2. The molecule has 0 heterocycles. The van der Waals surface area contributed by atoms with Gasteiger partial charge >= 0.3 is 0 Å². The lowest BCUT2D eigenvalue weighted by Gasteiger charge is -2.32. The van der Waals surface area contributed by atoms with Crippen LogP contribution < -0.4 is 10.1 Å². The van der Waals surface area contributed by atoms with Crippen LogP contribution in [-0.4, -0.2) is 36.4 Å². The molecule has 0 aliphatic carbocycles. The van der Waals surface area contributed by atoms with Crippen molar-refractivity contribution >= 4 is 11.8 Å². The topological polar surface area (TPSA) is 58.6 Å². The van der Waals surface area contributed by atoms with Crippen LogP contribution in [0.15, 0.2) is 78.9 Å². The Kier molecular flexibility index (Phi) is 11.2. The second-order valence-electron chi connectivity index (χ2n) is 11.2. The van der Waals surface area contributed by atoms with Gasteiger partial charge in [0.15, 0.2) is 0 Å². The normalized spacial score (nSPS) is 12.0. The lowest BCUT2D eigenvalue weighted by atomic mass is 9.86. The largest absolute Gasteiger partial charge is 0.497 e. The van der Waals surface area contributed by atoms with E-state index < -0.39 is 6.04 Å². The molecule has 0 fully saturated rings. The summed E-state index contributed by atoms with van der Waals surface area (Å²) >= 11 is 0. The molecule has 0 aliphatic rings. The SMILES string of the molecule is CCCCNC(=O)[C@@H](Cc1ccccc1)N(Cc1cccc(OC)c1)C(=O)CCc1ccc(C(C)(C)C)cc1. The van der Waals surface area contributed by atoms with Crippen LogP contribution in [0.1, 0.15) is 69.2 Å². The molecule has 1 N–H and O–H groups in total. The third-order valence-electron chi connectivity index (χ3n) is 7.04. The Bertz CT molecular complexity index is 1180. The second kappa shape index (κ2) is 14.5. The van der Waals surface area contributed by atoms with Crippen LogP contribution in [0.2, 0.25) is 0 Å². The molecule has 0 bridgehead atoms. The molecule has 0 saturated carbocycles. The summed E-state index contributed by atoms with van der Waals surface area (Å²) in [6, 6.07) is 25.5. The molecule has 3 aromatic rings. The van der Waals surface area contributed by atoms with Gasteiger partial charge < -0.3 is 15.0 Å². The number of amides is 2. The van der Waals surface area contributed by atoms with E-state index in [1.807, 2.05) is 54.6 Å². The molecule has 0 aromatic heterocycles. The van der Waals surface area contributed by atoms with Crippen molar-refractivity contribution in [3.05, 3.63) is 101 Å². The molecular formula is C34H44N2O3. The maximum Gasteiger partial charge on any atom is 0.243 e. The van der Waals surface area contributed by atoms with Gasteiger partial charge in [0, 0.05) is 25.9 Å². The van der Waals surface area contributed by atoms with E-state index in [1.54, 1.807) is 12.0 Å². The lowest BCUT2D eigenvalue weighted by molar-refractivity contribution is -0.141. The molecule has 2 amide bonds. The standard InChI is InChI=1S/C34H44N2O3/c1-6-7-22-35-33(38)31(24-27-12-9-8-10-13-27)36(25-28-14-11-15-30(23-28)39-5)32(37)21-18-26-16-19-29(20-17-26)34(2,3)4/h8-17,19-20,23,31H,6-7,18,21-22,24-25H2,1-5H3,(H,35,38)/t31-/m1/s1. The molecule has 5 nitrogen and oxygen atoms in total. The monoisotopic (exact) mass is 528 g/mol. The number of nitrogens with zero attached hydrogens (tertiary/aromatic N) is 1. The van der Waals surface area contributed by atoms with Crippen molar-refractivity contribution in [3.63, 3.8) is 0 Å². The Morgan fingerprint density at radius 3 is 2.23 bits per heavy atom. The van der Waals surface area contributed by atoms with Crippen molar-refractivity contribution in [3.8, 4) is 5.75 Å². The Morgan fingerprint density at radius 2 is 1.59 bits per heavy atom. The zero-order valence-corrected chi connectivity index (χ0v) is 24.2. The van der Waals surface area contributed by atoms with Gasteiger partial charge in [-0.1, -0.05) is 101 Å². The minimum atomic E-state index is -0.619. The van der Waals surface area contributed by atoms with Gasteiger partial charge in [0.2, 0.25) is 11.8 Å². The predicted molar refractivity (Wildman–Crippen MR) is 159 cm³/mol. The number of rotatable bonds is 13. The number of aryl methyl sites for hydroxylation is 1. The predicted octanol–water partition coefficient (Wildman–Crippen LogP) is 6.48. The zero-order chi connectivity index (χ0) is 28.3. The van der Waals surface area contributed by atoms with Gasteiger partial charge in [-0.15, -0.1) is 0 Å². The summed E-state index contributed by atoms with van der Waals surface area (Å²) in [7, 11) is 1.63. The molecular weight excluding hydrogens is 484 g/mol. The molecule has 39 heavy (non-hydrogen) atoms. The van der Waals surface area contributed by atoms with E-state index in [2.05, 4.69) is 57.3 Å². The fourth-order valence-corrected chi connectivity index (χ4v) is 4.59. The summed E-state index contributed by atoms with van der Waals surface area (Å²) in [5, 5.41) is 3.08. The molecule has 208 valence electrons. The summed E-state index contributed by atoms with van der Waals surface area (Å²) in [6.07, 6.45) is 3.29. The number of nitrogens with one attached hydrogen (secondary N) is 1. The maximum atomic E-state index is 13.9. The smallest absolute Gasteiger partial charge is 0.243 e. The number of hydrogen-bond acceptors (Lipinski definition) is 3. The van der Waals surface area contributed by atoms with Gasteiger partial charge in [0.1, 0.15) is 11.8 Å². The third-order valence-corrected chi connectivity index (χ3v) is 7.04. The van der Waals surface area contributed by atoms with E-state index in [-0.39, 0.29) is 17.2 Å². The van der Waals surface area contributed by atoms with Gasteiger partial charge in [-0.05, 0) is 52.6 Å². The van der Waals surface area contributed by atoms with Gasteiger partial charge in [-0.2, -0.15) is 0 Å². The maximum absolute atomic E-state index is 13.9. The molecule has 0 saturated heterocycles. The fraction of sp³-hybridized carbons (Fsp3) is 0.412. The molecule has 1 atom stereocenters. The average Bonchev–Trinajstić information content (AvgIpc) is 2.94. The Hall–Kier alpha value is -3.60. The van der Waals surface area contributed by atoms with E-state index in [0.29, 0.717) is 32.4 Å². The van der Waals surface area contributed by atoms with Crippen molar-refractivity contribution in [1.29, 1.82) is 0 Å². The first-order valence-electron chi connectivity index (χ1n) is 14.0. The van der Waals surface area contributed by atoms with Crippen LogP contribution in [0.3, 0.4) is 0 Å². The van der Waals surface area contributed by atoms with Gasteiger partial charge in [0.25, 0.3) is 0 Å². The van der Waals surface area contributed by atoms with Crippen molar-refractivity contribution in [2.24, 2.45) is 0 Å². The number of carbonyl (C=O) groups is 2. The number of methoxy groups -OCH3 is 1.